The molecule has 0 atom stereocenters. The SMILES string of the molecule is C#Cc1cc(CNC(=O)/C=C/C(=C/C=C)CC(F)(F)F)cc(F)c1NS(C)(=O)=O. The van der Waals surface area contributed by atoms with Crippen molar-refractivity contribution >= 4 is 21.6 Å². The predicted molar refractivity (Wildman–Crippen MR) is 103 cm³/mol. The molecule has 0 aliphatic rings. The Labute approximate surface area is 166 Å². The fourth-order valence-electron chi connectivity index (χ4n) is 2.15. The van der Waals surface area contributed by atoms with Crippen molar-refractivity contribution in [3.05, 3.63) is 65.5 Å². The first-order valence-corrected chi connectivity index (χ1v) is 9.85. The third-order valence-electron chi connectivity index (χ3n) is 3.25. The van der Waals surface area contributed by atoms with E-state index >= 15 is 0 Å². The second kappa shape index (κ2) is 9.93. The largest absolute Gasteiger partial charge is 0.393 e. The number of sulfonamides is 1. The van der Waals surface area contributed by atoms with Crippen molar-refractivity contribution in [2.75, 3.05) is 11.0 Å². The maximum absolute atomic E-state index is 14.2. The molecule has 0 aliphatic heterocycles. The molecule has 0 bridgehead atoms. The molecule has 1 aromatic rings. The van der Waals surface area contributed by atoms with Crippen LogP contribution in [0.3, 0.4) is 0 Å². The number of nitrogens with one attached hydrogen (secondary N) is 2. The Kier molecular flexibility index (Phi) is 8.21. The molecule has 0 radical (unpaired) electrons. The second-order valence-electron chi connectivity index (χ2n) is 5.84. The first-order chi connectivity index (χ1) is 13.3. The summed E-state index contributed by atoms with van der Waals surface area (Å²) in [7, 11) is -3.76. The highest BCUT2D eigenvalue weighted by Crippen LogP contribution is 2.25. The van der Waals surface area contributed by atoms with Crippen LogP contribution < -0.4 is 10.0 Å². The number of hydrogen-bond donors (Lipinski definition) is 2. The number of rotatable bonds is 8. The van der Waals surface area contributed by atoms with Crippen LogP contribution in [0.25, 0.3) is 0 Å². The lowest BCUT2D eigenvalue weighted by Gasteiger charge is -2.11. The van der Waals surface area contributed by atoms with Crippen molar-refractivity contribution in [2.24, 2.45) is 0 Å². The third kappa shape index (κ3) is 9.12. The fraction of sp³-hybridized carbons (Fsp3) is 0.211. The lowest BCUT2D eigenvalue weighted by molar-refractivity contribution is -0.126. The van der Waals surface area contributed by atoms with Crippen molar-refractivity contribution in [3.63, 3.8) is 0 Å². The Morgan fingerprint density at radius 1 is 1.31 bits per heavy atom. The Balaban J connectivity index is 2.89. The van der Waals surface area contributed by atoms with Gasteiger partial charge in [0.2, 0.25) is 15.9 Å². The molecular weight excluding hydrogens is 412 g/mol. The molecule has 2 N–H and O–H groups in total. The summed E-state index contributed by atoms with van der Waals surface area (Å²) in [5.74, 6) is 0.489. The quantitative estimate of drug-likeness (QED) is 0.287. The molecule has 0 saturated carbocycles. The summed E-state index contributed by atoms with van der Waals surface area (Å²) in [6.45, 7) is 3.13. The number of carbonyl (C=O) groups excluding carboxylic acids is 1. The van der Waals surface area contributed by atoms with E-state index in [1.165, 1.54) is 12.1 Å². The highest BCUT2D eigenvalue weighted by atomic mass is 32.2. The number of alkyl halides is 3. The second-order valence-corrected chi connectivity index (χ2v) is 7.59. The maximum Gasteiger partial charge on any atom is 0.393 e. The number of anilines is 1. The number of benzene rings is 1. The zero-order chi connectivity index (χ0) is 22.2. The molecule has 29 heavy (non-hydrogen) atoms. The van der Waals surface area contributed by atoms with Gasteiger partial charge in [-0.15, -0.1) is 6.42 Å². The van der Waals surface area contributed by atoms with Crippen molar-refractivity contribution in [1.29, 1.82) is 0 Å². The summed E-state index contributed by atoms with van der Waals surface area (Å²) in [4.78, 5) is 11.8. The van der Waals surface area contributed by atoms with Gasteiger partial charge in [-0.2, -0.15) is 13.2 Å². The number of amides is 1. The van der Waals surface area contributed by atoms with Gasteiger partial charge in [0.05, 0.1) is 23.9 Å². The number of hydrogen-bond acceptors (Lipinski definition) is 3. The fourth-order valence-corrected chi connectivity index (χ4v) is 2.73. The summed E-state index contributed by atoms with van der Waals surface area (Å²) in [5.41, 5.74) is -0.402. The van der Waals surface area contributed by atoms with Gasteiger partial charge < -0.3 is 5.32 Å². The maximum atomic E-state index is 14.2. The summed E-state index contributed by atoms with van der Waals surface area (Å²) in [5, 5.41) is 2.37. The van der Waals surface area contributed by atoms with Gasteiger partial charge in [-0.3, -0.25) is 9.52 Å². The predicted octanol–water partition coefficient (Wildman–Crippen LogP) is 3.42. The van der Waals surface area contributed by atoms with E-state index in [0.29, 0.717) is 0 Å². The van der Waals surface area contributed by atoms with Gasteiger partial charge in [0, 0.05) is 12.6 Å². The van der Waals surface area contributed by atoms with Crippen LogP contribution in [-0.2, 0) is 21.4 Å². The molecule has 1 aromatic carbocycles. The Bertz CT molecular complexity index is 988. The first-order valence-electron chi connectivity index (χ1n) is 7.95. The minimum atomic E-state index is -4.44. The molecule has 1 rings (SSSR count). The van der Waals surface area contributed by atoms with Gasteiger partial charge in [0.25, 0.3) is 0 Å². The van der Waals surface area contributed by atoms with Crippen LogP contribution >= 0.6 is 0 Å². The van der Waals surface area contributed by atoms with Crippen LogP contribution in [0.4, 0.5) is 23.2 Å². The Morgan fingerprint density at radius 2 is 1.97 bits per heavy atom. The number of carbonyl (C=O) groups is 1. The molecule has 0 aliphatic carbocycles. The molecule has 0 spiro atoms. The van der Waals surface area contributed by atoms with Crippen molar-refractivity contribution < 1.29 is 30.8 Å². The molecule has 0 aromatic heterocycles. The highest BCUT2D eigenvalue weighted by Gasteiger charge is 2.27. The molecule has 0 unspecified atom stereocenters. The standard InChI is InChI=1S/C19H18F4N2O3S/c1-4-6-13(11-19(21,22)23)7-8-17(26)24-12-14-9-15(5-2)18(16(20)10-14)25-29(3,27)28/h2,4,6-10,25H,1,11-12H2,3H3,(H,24,26)/b8-7+,13-6-. The number of terminal acetylenes is 1. The zero-order valence-electron chi connectivity index (χ0n) is 15.3. The van der Waals surface area contributed by atoms with Gasteiger partial charge in [-0.25, -0.2) is 12.8 Å². The van der Waals surface area contributed by atoms with Gasteiger partial charge in [0.15, 0.2) is 0 Å². The average Bonchev–Trinajstić information content (AvgIpc) is 2.57. The Hall–Kier alpha value is -3.06. The van der Waals surface area contributed by atoms with Crippen LogP contribution in [0.5, 0.6) is 0 Å². The normalized spacial score (nSPS) is 12.5. The monoisotopic (exact) mass is 430 g/mol. The van der Waals surface area contributed by atoms with E-state index in [4.69, 9.17) is 6.42 Å². The summed E-state index contributed by atoms with van der Waals surface area (Å²) < 4.78 is 76.1. The van der Waals surface area contributed by atoms with Crippen LogP contribution in [0.15, 0.2) is 48.6 Å². The average molecular weight is 430 g/mol. The van der Waals surface area contributed by atoms with E-state index < -0.39 is 40.0 Å². The molecule has 0 saturated heterocycles. The summed E-state index contributed by atoms with van der Waals surface area (Å²) in [6, 6.07) is 2.28. The van der Waals surface area contributed by atoms with Gasteiger partial charge >= 0.3 is 6.18 Å². The zero-order valence-corrected chi connectivity index (χ0v) is 16.1. The van der Waals surface area contributed by atoms with E-state index in [-0.39, 0.29) is 23.2 Å². The van der Waals surface area contributed by atoms with Gasteiger partial charge in [-0.1, -0.05) is 30.7 Å². The molecule has 156 valence electrons. The summed E-state index contributed by atoms with van der Waals surface area (Å²) >= 11 is 0. The molecular formula is C19H18F4N2O3S. The molecule has 0 heterocycles. The van der Waals surface area contributed by atoms with E-state index in [0.717, 1.165) is 30.6 Å². The van der Waals surface area contributed by atoms with Crippen molar-refractivity contribution in [3.8, 4) is 12.3 Å². The highest BCUT2D eigenvalue weighted by molar-refractivity contribution is 7.92. The van der Waals surface area contributed by atoms with E-state index in [1.807, 2.05) is 4.72 Å². The van der Waals surface area contributed by atoms with Crippen LogP contribution in [0.2, 0.25) is 0 Å². The molecule has 5 nitrogen and oxygen atoms in total. The van der Waals surface area contributed by atoms with Gasteiger partial charge in [0.1, 0.15) is 5.82 Å². The molecule has 1 amide bonds. The first kappa shape index (κ1) is 24.0. The van der Waals surface area contributed by atoms with Crippen LogP contribution in [0.1, 0.15) is 17.5 Å². The van der Waals surface area contributed by atoms with Crippen LogP contribution in [-0.4, -0.2) is 26.8 Å². The number of allylic oxidation sites excluding steroid dienone is 4. The van der Waals surface area contributed by atoms with Crippen LogP contribution in [0, 0.1) is 18.2 Å². The Morgan fingerprint density at radius 3 is 2.48 bits per heavy atom. The molecule has 0 fully saturated rings. The lowest BCUT2D eigenvalue weighted by Crippen LogP contribution is -2.21. The number of halogens is 4. The van der Waals surface area contributed by atoms with E-state index in [1.54, 1.807) is 0 Å². The summed E-state index contributed by atoms with van der Waals surface area (Å²) in [6.07, 6.45) is 4.62. The topological polar surface area (TPSA) is 75.3 Å². The smallest absolute Gasteiger partial charge is 0.348 e. The lowest BCUT2D eigenvalue weighted by atomic mass is 10.1. The van der Waals surface area contributed by atoms with E-state index in [2.05, 4.69) is 17.8 Å². The van der Waals surface area contributed by atoms with E-state index in [9.17, 15) is 30.8 Å². The van der Waals surface area contributed by atoms with Gasteiger partial charge in [-0.05, 0) is 23.3 Å². The van der Waals surface area contributed by atoms with Crippen molar-refractivity contribution in [1.82, 2.24) is 5.32 Å². The molecule has 10 heteroatoms. The minimum Gasteiger partial charge on any atom is -0.348 e. The van der Waals surface area contributed by atoms with Crippen molar-refractivity contribution in [2.45, 2.75) is 19.1 Å². The minimum absolute atomic E-state index is 0.0726. The third-order valence-corrected chi connectivity index (χ3v) is 3.82.